The molecular weight excluding hydrogens is 304 g/mol. The molecular formula is C11H20N2O5S2. The highest BCUT2D eigenvalue weighted by Crippen LogP contribution is 2.37. The van der Waals surface area contributed by atoms with Gasteiger partial charge in [-0.05, 0) is 19.3 Å². The Morgan fingerprint density at radius 2 is 2.00 bits per heavy atom. The van der Waals surface area contributed by atoms with Gasteiger partial charge in [0.1, 0.15) is 0 Å². The highest BCUT2D eigenvalue weighted by molar-refractivity contribution is 7.95. The minimum absolute atomic E-state index is 0.0577. The molecule has 0 spiro atoms. The summed E-state index contributed by atoms with van der Waals surface area (Å²) in [6.07, 6.45) is 1.91. The predicted octanol–water partition coefficient (Wildman–Crippen LogP) is -1.40. The maximum absolute atomic E-state index is 12.3. The van der Waals surface area contributed by atoms with E-state index in [0.29, 0.717) is 6.61 Å². The van der Waals surface area contributed by atoms with Gasteiger partial charge in [0.15, 0.2) is 9.84 Å². The molecule has 3 aliphatic rings. The van der Waals surface area contributed by atoms with Gasteiger partial charge in [0.2, 0.25) is 10.0 Å². The standard InChI is InChI=1S/C11H20N2O5S2/c12-9-8-2-1-4-18-11(8)10(9)13-20(16,17)7-3-5-19(14,15)6-7/h7-11,13H,1-6,12H2. The summed E-state index contributed by atoms with van der Waals surface area (Å²) in [7, 11) is -6.89. The Labute approximate surface area is 119 Å². The van der Waals surface area contributed by atoms with Crippen LogP contribution in [0.3, 0.4) is 0 Å². The Morgan fingerprint density at radius 1 is 1.25 bits per heavy atom. The second-order valence-electron chi connectivity index (χ2n) is 5.93. The zero-order chi connectivity index (χ0) is 14.5. The van der Waals surface area contributed by atoms with Crippen molar-refractivity contribution in [1.82, 2.24) is 4.72 Å². The zero-order valence-corrected chi connectivity index (χ0v) is 12.7. The van der Waals surface area contributed by atoms with Crippen LogP contribution < -0.4 is 10.5 Å². The number of nitrogens with one attached hydrogen (secondary N) is 1. The van der Waals surface area contributed by atoms with Gasteiger partial charge in [-0.2, -0.15) is 0 Å². The molecule has 0 aromatic heterocycles. The van der Waals surface area contributed by atoms with Crippen molar-refractivity contribution in [2.24, 2.45) is 11.7 Å². The van der Waals surface area contributed by atoms with E-state index < -0.39 is 31.2 Å². The van der Waals surface area contributed by atoms with Crippen molar-refractivity contribution in [3.8, 4) is 0 Å². The van der Waals surface area contributed by atoms with E-state index in [4.69, 9.17) is 10.5 Å². The second kappa shape index (κ2) is 4.91. The molecule has 3 fully saturated rings. The topological polar surface area (TPSA) is 116 Å². The van der Waals surface area contributed by atoms with Crippen molar-refractivity contribution >= 4 is 19.9 Å². The number of nitrogens with two attached hydrogens (primary N) is 1. The van der Waals surface area contributed by atoms with Crippen LogP contribution in [0.1, 0.15) is 19.3 Å². The van der Waals surface area contributed by atoms with Gasteiger partial charge in [0, 0.05) is 18.6 Å². The van der Waals surface area contributed by atoms with Gasteiger partial charge in [-0.15, -0.1) is 0 Å². The van der Waals surface area contributed by atoms with Crippen molar-refractivity contribution in [3.05, 3.63) is 0 Å². The van der Waals surface area contributed by atoms with E-state index >= 15 is 0 Å². The van der Waals surface area contributed by atoms with Gasteiger partial charge in [-0.3, -0.25) is 0 Å². The Balaban J connectivity index is 1.68. The smallest absolute Gasteiger partial charge is 0.215 e. The largest absolute Gasteiger partial charge is 0.376 e. The van der Waals surface area contributed by atoms with Gasteiger partial charge < -0.3 is 10.5 Å². The summed E-state index contributed by atoms with van der Waals surface area (Å²) in [6.45, 7) is 0.629. The normalized spacial score (nSPS) is 43.8. The van der Waals surface area contributed by atoms with Crippen LogP contribution in [0.4, 0.5) is 0 Å². The molecule has 20 heavy (non-hydrogen) atoms. The Morgan fingerprint density at radius 3 is 2.65 bits per heavy atom. The molecule has 2 aliphatic heterocycles. The van der Waals surface area contributed by atoms with E-state index in [1.54, 1.807) is 0 Å². The molecule has 3 N–H and O–H groups in total. The average Bonchev–Trinajstić information content (AvgIpc) is 2.77. The molecule has 9 heteroatoms. The number of hydrogen-bond acceptors (Lipinski definition) is 6. The highest BCUT2D eigenvalue weighted by atomic mass is 32.2. The molecule has 0 radical (unpaired) electrons. The van der Waals surface area contributed by atoms with E-state index in [1.807, 2.05) is 0 Å². The van der Waals surface area contributed by atoms with Crippen molar-refractivity contribution in [2.45, 2.75) is 42.7 Å². The van der Waals surface area contributed by atoms with Crippen LogP contribution in [0, 0.1) is 5.92 Å². The van der Waals surface area contributed by atoms with Crippen LogP contribution in [0.15, 0.2) is 0 Å². The lowest BCUT2D eigenvalue weighted by atomic mass is 9.69. The summed E-state index contributed by atoms with van der Waals surface area (Å²) < 4.78 is 55.5. The minimum Gasteiger partial charge on any atom is -0.376 e. The molecule has 0 aromatic rings. The lowest BCUT2D eigenvalue weighted by molar-refractivity contribution is -0.114. The molecule has 3 rings (SSSR count). The zero-order valence-electron chi connectivity index (χ0n) is 11.1. The summed E-state index contributed by atoms with van der Waals surface area (Å²) in [4.78, 5) is 0. The Bertz CT molecular complexity index is 588. The van der Waals surface area contributed by atoms with E-state index in [2.05, 4.69) is 4.72 Å². The maximum atomic E-state index is 12.3. The van der Waals surface area contributed by atoms with E-state index in [1.165, 1.54) is 0 Å². The molecule has 5 atom stereocenters. The Hall–Kier alpha value is -0.220. The molecule has 2 saturated heterocycles. The lowest BCUT2D eigenvalue weighted by Gasteiger charge is -2.52. The fourth-order valence-electron chi connectivity index (χ4n) is 3.38. The lowest BCUT2D eigenvalue weighted by Crippen LogP contribution is -2.72. The van der Waals surface area contributed by atoms with Gasteiger partial charge in [-0.25, -0.2) is 21.6 Å². The monoisotopic (exact) mass is 324 g/mol. The first-order valence-electron chi connectivity index (χ1n) is 6.89. The first kappa shape index (κ1) is 14.7. The summed E-state index contributed by atoms with van der Waals surface area (Å²) >= 11 is 0. The van der Waals surface area contributed by atoms with Crippen LogP contribution in [-0.2, 0) is 24.6 Å². The van der Waals surface area contributed by atoms with Crippen LogP contribution in [0.25, 0.3) is 0 Å². The molecule has 1 saturated carbocycles. The number of hydrogen-bond donors (Lipinski definition) is 2. The molecule has 7 nitrogen and oxygen atoms in total. The van der Waals surface area contributed by atoms with Gasteiger partial charge in [-0.1, -0.05) is 0 Å². The van der Waals surface area contributed by atoms with Crippen LogP contribution >= 0.6 is 0 Å². The molecule has 2 heterocycles. The number of fused-ring (bicyclic) bond motifs is 1. The third-order valence-corrected chi connectivity index (χ3v) is 8.47. The molecule has 0 aromatic carbocycles. The van der Waals surface area contributed by atoms with E-state index in [0.717, 1.165) is 12.8 Å². The number of sulfonamides is 1. The fourth-order valence-corrected chi connectivity index (χ4v) is 7.71. The second-order valence-corrected chi connectivity index (χ2v) is 10.2. The van der Waals surface area contributed by atoms with Crippen LogP contribution in [-0.4, -0.2) is 58.4 Å². The summed E-state index contributed by atoms with van der Waals surface area (Å²) in [5.41, 5.74) is 6.01. The first-order valence-corrected chi connectivity index (χ1v) is 10.3. The molecule has 0 amide bonds. The van der Waals surface area contributed by atoms with E-state index in [-0.39, 0.29) is 36.0 Å². The quantitative estimate of drug-likeness (QED) is 0.659. The third-order valence-electron chi connectivity index (χ3n) is 4.61. The maximum Gasteiger partial charge on any atom is 0.215 e. The van der Waals surface area contributed by atoms with Crippen molar-refractivity contribution in [2.75, 3.05) is 18.1 Å². The first-order chi connectivity index (χ1) is 9.30. The van der Waals surface area contributed by atoms with Crippen molar-refractivity contribution < 1.29 is 21.6 Å². The fraction of sp³-hybridized carbons (Fsp3) is 1.00. The Kier molecular flexibility index (Phi) is 3.61. The summed E-state index contributed by atoms with van der Waals surface area (Å²) in [5, 5.41) is -0.859. The van der Waals surface area contributed by atoms with Gasteiger partial charge >= 0.3 is 0 Å². The third kappa shape index (κ3) is 2.50. The molecule has 1 aliphatic carbocycles. The average molecular weight is 324 g/mol. The van der Waals surface area contributed by atoms with Crippen LogP contribution in [0.5, 0.6) is 0 Å². The number of sulfone groups is 1. The SMILES string of the molecule is NC1C2CCCOC2C1NS(=O)(=O)C1CCS(=O)(=O)C1. The summed E-state index contributed by atoms with van der Waals surface area (Å²) in [5.74, 6) is -0.138. The van der Waals surface area contributed by atoms with E-state index in [9.17, 15) is 16.8 Å². The van der Waals surface area contributed by atoms with Crippen molar-refractivity contribution in [3.63, 3.8) is 0 Å². The highest BCUT2D eigenvalue weighted by Gasteiger charge is 2.53. The number of ether oxygens (including phenoxy) is 1. The predicted molar refractivity (Wildman–Crippen MR) is 73.3 cm³/mol. The molecule has 0 bridgehead atoms. The number of rotatable bonds is 3. The van der Waals surface area contributed by atoms with Gasteiger partial charge in [0.25, 0.3) is 0 Å². The van der Waals surface area contributed by atoms with Crippen molar-refractivity contribution in [1.29, 1.82) is 0 Å². The molecule has 5 unspecified atom stereocenters. The molecule has 116 valence electrons. The minimum atomic E-state index is -3.66. The summed E-state index contributed by atoms with van der Waals surface area (Å²) in [6, 6.07) is -0.665. The van der Waals surface area contributed by atoms with Crippen LogP contribution in [0.2, 0.25) is 0 Å². The van der Waals surface area contributed by atoms with Gasteiger partial charge in [0.05, 0.1) is 28.9 Å².